The summed E-state index contributed by atoms with van der Waals surface area (Å²) in [6.07, 6.45) is 1.45. The number of halogens is 2. The molecule has 128 valence electrons. The topological polar surface area (TPSA) is 41.6 Å². The molecule has 0 aliphatic carbocycles. The van der Waals surface area contributed by atoms with Crippen molar-refractivity contribution in [3.8, 4) is 5.75 Å². The summed E-state index contributed by atoms with van der Waals surface area (Å²) in [7, 11) is 0. The number of carbonyl (C=O) groups excluding carboxylic acids is 1. The molecule has 0 bridgehead atoms. The Bertz CT molecular complexity index is 868. The van der Waals surface area contributed by atoms with Crippen molar-refractivity contribution in [2.75, 3.05) is 11.5 Å². The summed E-state index contributed by atoms with van der Waals surface area (Å²) in [4.78, 5) is 14.0. The summed E-state index contributed by atoms with van der Waals surface area (Å²) >= 11 is 8.55. The number of benzene rings is 2. The zero-order valence-electron chi connectivity index (χ0n) is 13.3. The molecule has 2 aromatic rings. The van der Waals surface area contributed by atoms with E-state index < -0.39 is 5.82 Å². The predicted molar refractivity (Wildman–Crippen MR) is 103 cm³/mol. The first-order valence-corrected chi connectivity index (χ1v) is 8.74. The first-order chi connectivity index (χ1) is 12.0. The van der Waals surface area contributed by atoms with Gasteiger partial charge in [-0.05, 0) is 67.7 Å². The van der Waals surface area contributed by atoms with Gasteiger partial charge in [-0.2, -0.15) is 0 Å². The zero-order chi connectivity index (χ0) is 18.0. The molecule has 1 aliphatic rings. The van der Waals surface area contributed by atoms with Crippen molar-refractivity contribution in [3.63, 3.8) is 0 Å². The van der Waals surface area contributed by atoms with E-state index in [1.807, 2.05) is 6.92 Å². The molecule has 2 aromatic carbocycles. The normalized spacial score (nSPS) is 15.6. The van der Waals surface area contributed by atoms with Gasteiger partial charge in [-0.15, -0.1) is 0 Å². The molecular formula is C18H14BrFN2O2S. The van der Waals surface area contributed by atoms with Gasteiger partial charge in [0.15, 0.2) is 5.11 Å². The number of ether oxygens (including phenoxy) is 1. The van der Waals surface area contributed by atoms with Crippen LogP contribution in [0.1, 0.15) is 12.5 Å². The average Bonchev–Trinajstić information content (AvgIpc) is 2.86. The van der Waals surface area contributed by atoms with Gasteiger partial charge in [0.2, 0.25) is 0 Å². The van der Waals surface area contributed by atoms with E-state index >= 15 is 0 Å². The fourth-order valence-corrected chi connectivity index (χ4v) is 3.09. The minimum Gasteiger partial charge on any atom is -0.494 e. The molecule has 1 saturated heterocycles. The molecule has 7 heteroatoms. The highest BCUT2D eigenvalue weighted by atomic mass is 79.9. The fourth-order valence-electron chi connectivity index (χ4n) is 2.41. The van der Waals surface area contributed by atoms with Gasteiger partial charge in [0.25, 0.3) is 5.91 Å². The number of hydrogen-bond acceptors (Lipinski definition) is 3. The van der Waals surface area contributed by atoms with Crippen molar-refractivity contribution in [1.29, 1.82) is 0 Å². The van der Waals surface area contributed by atoms with E-state index in [-0.39, 0.29) is 16.7 Å². The van der Waals surface area contributed by atoms with E-state index in [0.29, 0.717) is 23.6 Å². The van der Waals surface area contributed by atoms with Gasteiger partial charge in [0, 0.05) is 10.0 Å². The molecule has 0 atom stereocenters. The van der Waals surface area contributed by atoms with Crippen molar-refractivity contribution >= 4 is 50.9 Å². The molecule has 0 spiro atoms. The third-order valence-electron chi connectivity index (χ3n) is 3.54. The summed E-state index contributed by atoms with van der Waals surface area (Å²) in [5.74, 6) is -0.0481. The smallest absolute Gasteiger partial charge is 0.281 e. The van der Waals surface area contributed by atoms with E-state index in [2.05, 4.69) is 21.2 Å². The van der Waals surface area contributed by atoms with Crippen LogP contribution in [0.15, 0.2) is 52.6 Å². The monoisotopic (exact) mass is 420 g/mol. The maximum Gasteiger partial charge on any atom is 0.281 e. The molecule has 0 unspecified atom stereocenters. The number of carbonyl (C=O) groups is 1. The Morgan fingerprint density at radius 3 is 2.68 bits per heavy atom. The van der Waals surface area contributed by atoms with Crippen LogP contribution in [0.2, 0.25) is 0 Å². The van der Waals surface area contributed by atoms with Gasteiger partial charge in [0.05, 0.1) is 12.3 Å². The summed E-state index contributed by atoms with van der Waals surface area (Å²) < 4.78 is 20.0. The summed E-state index contributed by atoms with van der Waals surface area (Å²) in [6.45, 7) is 2.46. The van der Waals surface area contributed by atoms with Gasteiger partial charge < -0.3 is 10.1 Å². The third kappa shape index (κ3) is 3.72. The van der Waals surface area contributed by atoms with Gasteiger partial charge in [-0.3, -0.25) is 9.69 Å². The fraction of sp³-hybridized carbons (Fsp3) is 0.111. The maximum absolute atomic E-state index is 13.9. The number of anilines is 1. The standard InChI is InChI=1S/C18H14BrFN2O2S/c1-2-24-14-6-4-13(5-7-14)22-17(23)16(21-18(22)25)10-11-9-12(19)3-8-15(11)20/h3-10H,2H2,1H3,(H,21,25)/b16-10+. The zero-order valence-corrected chi connectivity index (χ0v) is 15.7. The van der Waals surface area contributed by atoms with E-state index in [1.54, 1.807) is 36.4 Å². The second-order valence-corrected chi connectivity index (χ2v) is 6.52. The summed E-state index contributed by atoms with van der Waals surface area (Å²) in [6, 6.07) is 11.6. The minimum absolute atomic E-state index is 0.218. The highest BCUT2D eigenvalue weighted by Gasteiger charge is 2.32. The molecule has 1 amide bonds. The summed E-state index contributed by atoms with van der Waals surface area (Å²) in [5.41, 5.74) is 1.13. The Balaban J connectivity index is 1.89. The lowest BCUT2D eigenvalue weighted by molar-refractivity contribution is -0.113. The predicted octanol–water partition coefficient (Wildman–Crippen LogP) is 4.25. The van der Waals surface area contributed by atoms with Crippen LogP contribution in [-0.2, 0) is 4.79 Å². The molecule has 1 N–H and O–H groups in total. The quantitative estimate of drug-likeness (QED) is 0.592. The molecule has 25 heavy (non-hydrogen) atoms. The van der Waals surface area contributed by atoms with Gasteiger partial charge in [-0.25, -0.2) is 4.39 Å². The SMILES string of the molecule is CCOc1ccc(N2C(=O)/C(=C\c3cc(Br)ccc3F)NC2=S)cc1. The summed E-state index contributed by atoms with van der Waals surface area (Å²) in [5, 5.41) is 3.09. The molecule has 4 nitrogen and oxygen atoms in total. The molecule has 0 radical (unpaired) electrons. The van der Waals surface area contributed by atoms with E-state index in [4.69, 9.17) is 17.0 Å². The lowest BCUT2D eigenvalue weighted by Crippen LogP contribution is -2.30. The number of amides is 1. The van der Waals surface area contributed by atoms with Crippen LogP contribution in [0.25, 0.3) is 6.08 Å². The molecule has 1 heterocycles. The first-order valence-electron chi connectivity index (χ1n) is 7.54. The van der Waals surface area contributed by atoms with Crippen LogP contribution in [0.4, 0.5) is 10.1 Å². The lowest BCUT2D eigenvalue weighted by Gasteiger charge is -2.14. The average molecular weight is 421 g/mol. The van der Waals surface area contributed by atoms with Crippen molar-refractivity contribution in [2.45, 2.75) is 6.92 Å². The van der Waals surface area contributed by atoms with Crippen molar-refractivity contribution in [3.05, 3.63) is 64.0 Å². The Morgan fingerprint density at radius 1 is 1.28 bits per heavy atom. The van der Waals surface area contributed by atoms with Crippen LogP contribution in [0, 0.1) is 5.82 Å². The molecule has 0 aromatic heterocycles. The number of rotatable bonds is 4. The highest BCUT2D eigenvalue weighted by molar-refractivity contribution is 9.10. The number of nitrogens with one attached hydrogen (secondary N) is 1. The highest BCUT2D eigenvalue weighted by Crippen LogP contribution is 2.26. The first kappa shape index (κ1) is 17.6. The number of nitrogens with zero attached hydrogens (tertiary/aromatic N) is 1. The molecular weight excluding hydrogens is 407 g/mol. The molecule has 0 saturated carbocycles. The van der Waals surface area contributed by atoms with Crippen LogP contribution < -0.4 is 15.0 Å². The van der Waals surface area contributed by atoms with Gasteiger partial charge in [-0.1, -0.05) is 15.9 Å². The molecule has 1 fully saturated rings. The number of hydrogen-bond donors (Lipinski definition) is 1. The van der Waals surface area contributed by atoms with E-state index in [0.717, 1.165) is 4.47 Å². The van der Waals surface area contributed by atoms with Gasteiger partial charge >= 0.3 is 0 Å². The largest absolute Gasteiger partial charge is 0.494 e. The Hall–Kier alpha value is -2.25. The van der Waals surface area contributed by atoms with Crippen LogP contribution in [-0.4, -0.2) is 17.6 Å². The molecule has 3 rings (SSSR count). The van der Waals surface area contributed by atoms with E-state index in [9.17, 15) is 9.18 Å². The van der Waals surface area contributed by atoms with E-state index in [1.165, 1.54) is 17.0 Å². The van der Waals surface area contributed by atoms with Crippen molar-refractivity contribution in [2.24, 2.45) is 0 Å². The minimum atomic E-state index is -0.421. The van der Waals surface area contributed by atoms with Crippen LogP contribution >= 0.6 is 28.1 Å². The van der Waals surface area contributed by atoms with Crippen molar-refractivity contribution in [1.82, 2.24) is 5.32 Å². The lowest BCUT2D eigenvalue weighted by atomic mass is 10.1. The second kappa shape index (κ2) is 7.33. The van der Waals surface area contributed by atoms with Crippen molar-refractivity contribution < 1.29 is 13.9 Å². The third-order valence-corrected chi connectivity index (χ3v) is 4.32. The van der Waals surface area contributed by atoms with Crippen LogP contribution in [0.5, 0.6) is 5.75 Å². The molecule has 1 aliphatic heterocycles. The van der Waals surface area contributed by atoms with Crippen LogP contribution in [0.3, 0.4) is 0 Å². The number of thiocarbonyl (C=S) groups is 1. The van der Waals surface area contributed by atoms with Gasteiger partial charge in [0.1, 0.15) is 17.3 Å². The maximum atomic E-state index is 13.9. The Kier molecular flexibility index (Phi) is 5.15. The Morgan fingerprint density at radius 2 is 2.00 bits per heavy atom. The second-order valence-electron chi connectivity index (χ2n) is 5.22. The Labute approximate surface area is 158 Å².